The van der Waals surface area contributed by atoms with Gasteiger partial charge in [0.2, 0.25) is 0 Å². The lowest BCUT2D eigenvalue weighted by molar-refractivity contribution is -0.122. The van der Waals surface area contributed by atoms with Crippen LogP contribution in [0.2, 0.25) is 0 Å². The molecule has 0 aliphatic heterocycles. The maximum absolute atomic E-state index is 11.1. The van der Waals surface area contributed by atoms with E-state index in [2.05, 4.69) is 4.98 Å². The van der Waals surface area contributed by atoms with E-state index in [1.807, 2.05) is 30.3 Å². The van der Waals surface area contributed by atoms with Crippen molar-refractivity contribution in [1.29, 1.82) is 0 Å². The van der Waals surface area contributed by atoms with Crippen LogP contribution in [0.4, 0.5) is 0 Å². The van der Waals surface area contributed by atoms with E-state index in [-0.39, 0.29) is 5.78 Å². The average Bonchev–Trinajstić information content (AvgIpc) is 2.28. The highest BCUT2D eigenvalue weighted by Gasteiger charge is 2.09. The Balaban J connectivity index is 2.29. The highest BCUT2D eigenvalue weighted by molar-refractivity contribution is 5.81. The number of ketones is 1. The largest absolute Gasteiger partial charge is 0.483 e. The Morgan fingerprint density at radius 1 is 1.38 bits per heavy atom. The Labute approximate surface area is 94.1 Å². The van der Waals surface area contributed by atoms with Gasteiger partial charge in [0.1, 0.15) is 5.75 Å². The molecule has 1 unspecified atom stereocenters. The predicted octanol–water partition coefficient (Wildman–Crippen LogP) is 2.59. The zero-order chi connectivity index (χ0) is 11.5. The minimum Gasteiger partial charge on any atom is -0.483 e. The van der Waals surface area contributed by atoms with Gasteiger partial charge < -0.3 is 4.74 Å². The molecule has 1 aromatic carbocycles. The van der Waals surface area contributed by atoms with Crippen molar-refractivity contribution < 1.29 is 9.53 Å². The summed E-state index contributed by atoms with van der Waals surface area (Å²) in [6.45, 7) is 3.26. The van der Waals surface area contributed by atoms with Gasteiger partial charge in [-0.2, -0.15) is 0 Å². The second-order valence-corrected chi connectivity index (χ2v) is 3.73. The number of nitrogens with zero attached hydrogens (tertiary/aromatic N) is 1. The number of carbonyl (C=O) groups is 1. The first kappa shape index (κ1) is 10.6. The van der Waals surface area contributed by atoms with Gasteiger partial charge in [-0.25, -0.2) is 0 Å². The van der Waals surface area contributed by atoms with E-state index in [0.29, 0.717) is 5.75 Å². The second kappa shape index (κ2) is 4.31. The molecule has 0 aliphatic carbocycles. The lowest BCUT2D eigenvalue weighted by Gasteiger charge is -2.11. The lowest BCUT2D eigenvalue weighted by Crippen LogP contribution is -2.20. The number of rotatable bonds is 3. The molecule has 0 N–H and O–H groups in total. The fourth-order valence-corrected chi connectivity index (χ4v) is 1.41. The SMILES string of the molecule is CC(=O)C(C)Oc1ccc2cccnc2c1. The minimum atomic E-state index is -0.416. The molecule has 0 saturated heterocycles. The first-order chi connectivity index (χ1) is 7.66. The van der Waals surface area contributed by atoms with E-state index < -0.39 is 6.10 Å². The van der Waals surface area contributed by atoms with Crippen molar-refractivity contribution in [2.75, 3.05) is 0 Å². The van der Waals surface area contributed by atoms with Crippen LogP contribution < -0.4 is 4.74 Å². The fraction of sp³-hybridized carbons (Fsp3) is 0.231. The molecule has 82 valence electrons. The van der Waals surface area contributed by atoms with Gasteiger partial charge in [-0.05, 0) is 32.0 Å². The standard InChI is InChI=1S/C13H13NO2/c1-9(15)10(2)16-12-6-5-11-4-3-7-14-13(11)8-12/h3-8,10H,1-2H3. The van der Waals surface area contributed by atoms with E-state index in [4.69, 9.17) is 4.74 Å². The molecule has 0 bridgehead atoms. The van der Waals surface area contributed by atoms with E-state index in [0.717, 1.165) is 10.9 Å². The van der Waals surface area contributed by atoms with Gasteiger partial charge in [-0.1, -0.05) is 6.07 Å². The molecule has 0 aliphatic rings. The zero-order valence-corrected chi connectivity index (χ0v) is 9.31. The maximum Gasteiger partial charge on any atom is 0.169 e. The average molecular weight is 215 g/mol. The first-order valence-electron chi connectivity index (χ1n) is 5.19. The summed E-state index contributed by atoms with van der Waals surface area (Å²) in [6.07, 6.45) is 1.32. The Bertz CT molecular complexity index is 522. The normalized spacial score (nSPS) is 12.4. The van der Waals surface area contributed by atoms with Crippen molar-refractivity contribution in [1.82, 2.24) is 4.98 Å². The van der Waals surface area contributed by atoms with Crippen LogP contribution in [0.15, 0.2) is 36.5 Å². The van der Waals surface area contributed by atoms with Crippen molar-refractivity contribution in [3.05, 3.63) is 36.5 Å². The second-order valence-electron chi connectivity index (χ2n) is 3.73. The van der Waals surface area contributed by atoms with Crippen molar-refractivity contribution in [2.24, 2.45) is 0 Å². The summed E-state index contributed by atoms with van der Waals surface area (Å²) in [5.41, 5.74) is 0.871. The van der Waals surface area contributed by atoms with Crippen LogP contribution in [-0.2, 0) is 4.79 Å². The molecular formula is C13H13NO2. The van der Waals surface area contributed by atoms with Gasteiger partial charge in [0, 0.05) is 17.6 Å². The van der Waals surface area contributed by atoms with Crippen LogP contribution in [0.25, 0.3) is 10.9 Å². The molecule has 3 heteroatoms. The Morgan fingerprint density at radius 3 is 2.94 bits per heavy atom. The summed E-state index contributed by atoms with van der Waals surface area (Å²) in [5.74, 6) is 0.690. The molecule has 0 fully saturated rings. The third-order valence-corrected chi connectivity index (χ3v) is 2.46. The molecule has 0 spiro atoms. The van der Waals surface area contributed by atoms with Crippen LogP contribution in [0.3, 0.4) is 0 Å². The van der Waals surface area contributed by atoms with Gasteiger partial charge in [0.25, 0.3) is 0 Å². The predicted molar refractivity (Wildman–Crippen MR) is 62.5 cm³/mol. The third-order valence-electron chi connectivity index (χ3n) is 2.46. The number of aromatic nitrogens is 1. The van der Waals surface area contributed by atoms with Gasteiger partial charge >= 0.3 is 0 Å². The van der Waals surface area contributed by atoms with Gasteiger partial charge in [0.05, 0.1) is 5.52 Å². The van der Waals surface area contributed by atoms with Crippen molar-refractivity contribution in [3.8, 4) is 5.75 Å². The summed E-state index contributed by atoms with van der Waals surface area (Å²) in [7, 11) is 0. The number of carbonyl (C=O) groups excluding carboxylic acids is 1. The van der Waals surface area contributed by atoms with Crippen molar-refractivity contribution in [3.63, 3.8) is 0 Å². The number of pyridine rings is 1. The molecule has 3 nitrogen and oxygen atoms in total. The molecule has 2 aromatic rings. The highest BCUT2D eigenvalue weighted by Crippen LogP contribution is 2.19. The van der Waals surface area contributed by atoms with Crippen LogP contribution >= 0.6 is 0 Å². The number of hydrogen-bond donors (Lipinski definition) is 0. The molecule has 1 atom stereocenters. The first-order valence-corrected chi connectivity index (χ1v) is 5.19. The maximum atomic E-state index is 11.1. The van der Waals surface area contributed by atoms with Crippen molar-refractivity contribution in [2.45, 2.75) is 20.0 Å². The topological polar surface area (TPSA) is 39.2 Å². The Morgan fingerprint density at radius 2 is 2.19 bits per heavy atom. The molecule has 0 saturated carbocycles. The van der Waals surface area contributed by atoms with Crippen LogP contribution in [0.1, 0.15) is 13.8 Å². The summed E-state index contributed by atoms with van der Waals surface area (Å²) in [6, 6.07) is 9.50. The number of hydrogen-bond acceptors (Lipinski definition) is 3. The molecular weight excluding hydrogens is 202 g/mol. The van der Waals surface area contributed by atoms with Crippen LogP contribution in [0.5, 0.6) is 5.75 Å². The lowest BCUT2D eigenvalue weighted by atomic mass is 10.2. The van der Waals surface area contributed by atoms with Gasteiger partial charge in [-0.15, -0.1) is 0 Å². The molecule has 0 radical (unpaired) electrons. The summed E-state index contributed by atoms with van der Waals surface area (Å²) < 4.78 is 5.49. The van der Waals surface area contributed by atoms with Crippen LogP contribution in [-0.4, -0.2) is 16.9 Å². The number of fused-ring (bicyclic) bond motifs is 1. The van der Waals surface area contributed by atoms with E-state index in [1.54, 1.807) is 13.1 Å². The Hall–Kier alpha value is -1.90. The molecule has 1 heterocycles. The smallest absolute Gasteiger partial charge is 0.169 e. The van der Waals surface area contributed by atoms with Gasteiger partial charge in [-0.3, -0.25) is 9.78 Å². The summed E-state index contributed by atoms with van der Waals surface area (Å²) in [5, 5.41) is 1.06. The number of ether oxygens (including phenoxy) is 1. The monoisotopic (exact) mass is 215 g/mol. The number of Topliss-reactive ketones (excluding diaryl/α,β-unsaturated/α-hetero) is 1. The van der Waals surface area contributed by atoms with E-state index >= 15 is 0 Å². The summed E-state index contributed by atoms with van der Waals surface area (Å²) in [4.78, 5) is 15.3. The third kappa shape index (κ3) is 2.19. The highest BCUT2D eigenvalue weighted by atomic mass is 16.5. The van der Waals surface area contributed by atoms with Crippen LogP contribution in [0, 0.1) is 0 Å². The van der Waals surface area contributed by atoms with E-state index in [9.17, 15) is 4.79 Å². The fourth-order valence-electron chi connectivity index (χ4n) is 1.41. The molecule has 16 heavy (non-hydrogen) atoms. The van der Waals surface area contributed by atoms with E-state index in [1.165, 1.54) is 6.92 Å². The molecule has 1 aromatic heterocycles. The Kier molecular flexibility index (Phi) is 2.86. The number of benzene rings is 1. The van der Waals surface area contributed by atoms with Gasteiger partial charge in [0.15, 0.2) is 11.9 Å². The quantitative estimate of drug-likeness (QED) is 0.790. The minimum absolute atomic E-state index is 0.0149. The summed E-state index contributed by atoms with van der Waals surface area (Å²) >= 11 is 0. The molecule has 2 rings (SSSR count). The van der Waals surface area contributed by atoms with Crippen molar-refractivity contribution >= 4 is 16.7 Å². The molecule has 0 amide bonds. The zero-order valence-electron chi connectivity index (χ0n) is 9.31.